The van der Waals surface area contributed by atoms with E-state index in [1.54, 1.807) is 7.05 Å². The number of carbonyl (C=O) groups excluding carboxylic acids is 1. The lowest BCUT2D eigenvalue weighted by molar-refractivity contribution is -0.169. The maximum atomic E-state index is 12.2. The van der Waals surface area contributed by atoms with Gasteiger partial charge in [-0.1, -0.05) is 19.1 Å². The molecule has 1 aromatic carbocycles. The van der Waals surface area contributed by atoms with Crippen molar-refractivity contribution in [2.24, 2.45) is 0 Å². The van der Waals surface area contributed by atoms with E-state index in [-0.39, 0.29) is 12.5 Å². The molecule has 0 heterocycles. The Bertz CT molecular complexity index is 434. The molecule has 1 rings (SSSR count). The second kappa shape index (κ2) is 6.86. The fourth-order valence-electron chi connectivity index (χ4n) is 1.87. The lowest BCUT2D eigenvalue weighted by atomic mass is 10.1. The van der Waals surface area contributed by atoms with Gasteiger partial charge in [0, 0.05) is 12.6 Å². The summed E-state index contributed by atoms with van der Waals surface area (Å²) in [7, 11) is 1.66. The number of ether oxygens (including phenoxy) is 1. The Morgan fingerprint density at radius 2 is 1.85 bits per heavy atom. The van der Waals surface area contributed by atoms with Gasteiger partial charge in [0.2, 0.25) is 0 Å². The van der Waals surface area contributed by atoms with Crippen LogP contribution in [-0.2, 0) is 11.2 Å². The van der Waals surface area contributed by atoms with Crippen molar-refractivity contribution < 1.29 is 14.6 Å². The van der Waals surface area contributed by atoms with Crippen LogP contribution in [0.3, 0.4) is 0 Å². The van der Waals surface area contributed by atoms with Gasteiger partial charge < -0.3 is 14.7 Å². The number of rotatable bonds is 5. The van der Waals surface area contributed by atoms with Gasteiger partial charge in [0.25, 0.3) is 5.91 Å². The first-order valence-corrected chi connectivity index (χ1v) is 6.93. The monoisotopic (exact) mass is 279 g/mol. The first-order valence-electron chi connectivity index (χ1n) is 6.93. The fraction of sp³-hybridized carbons (Fsp3) is 0.562. The Labute approximate surface area is 121 Å². The molecule has 1 atom stereocenters. The third kappa shape index (κ3) is 5.31. The molecule has 0 spiro atoms. The van der Waals surface area contributed by atoms with Gasteiger partial charge in [0.15, 0.2) is 6.29 Å². The summed E-state index contributed by atoms with van der Waals surface area (Å²) in [5, 5.41) is 9.82. The van der Waals surface area contributed by atoms with Crippen LogP contribution in [0.5, 0.6) is 0 Å². The van der Waals surface area contributed by atoms with Gasteiger partial charge in [0.1, 0.15) is 0 Å². The minimum absolute atomic E-state index is 0.121. The van der Waals surface area contributed by atoms with Crippen molar-refractivity contribution >= 4 is 5.91 Å². The van der Waals surface area contributed by atoms with Gasteiger partial charge in [-0.3, -0.25) is 4.79 Å². The topological polar surface area (TPSA) is 49.8 Å². The maximum absolute atomic E-state index is 12.2. The zero-order valence-corrected chi connectivity index (χ0v) is 13.0. The van der Waals surface area contributed by atoms with Crippen LogP contribution in [-0.4, -0.2) is 41.4 Å². The highest BCUT2D eigenvalue weighted by atomic mass is 16.6. The number of hydrogen-bond acceptors (Lipinski definition) is 3. The van der Waals surface area contributed by atoms with E-state index in [1.165, 1.54) is 10.5 Å². The van der Waals surface area contributed by atoms with E-state index in [4.69, 9.17) is 4.74 Å². The highest BCUT2D eigenvalue weighted by Crippen LogP contribution is 2.12. The van der Waals surface area contributed by atoms with Gasteiger partial charge in [-0.2, -0.15) is 0 Å². The number of amides is 1. The molecule has 0 saturated heterocycles. The molecular formula is C16H25NO3. The number of nitrogens with zero attached hydrogens (tertiary/aromatic N) is 1. The molecule has 1 N–H and O–H groups in total. The van der Waals surface area contributed by atoms with E-state index in [2.05, 4.69) is 6.92 Å². The summed E-state index contributed by atoms with van der Waals surface area (Å²) in [5.41, 5.74) is 1.37. The standard InChI is InChI=1S/C16H25NO3/c1-6-12-7-9-13(10-8-12)15(19)17(5)11-14(18)20-16(2,3)4/h7-10,14,18H,6,11H2,1-5H3. The van der Waals surface area contributed by atoms with Crippen molar-refractivity contribution in [3.8, 4) is 0 Å². The number of aryl methyl sites for hydroxylation is 1. The van der Waals surface area contributed by atoms with Gasteiger partial charge >= 0.3 is 0 Å². The Balaban J connectivity index is 2.62. The third-order valence-corrected chi connectivity index (χ3v) is 2.88. The molecule has 0 aliphatic heterocycles. The highest BCUT2D eigenvalue weighted by molar-refractivity contribution is 5.94. The van der Waals surface area contributed by atoms with E-state index < -0.39 is 11.9 Å². The lowest BCUT2D eigenvalue weighted by Crippen LogP contribution is -2.39. The zero-order valence-electron chi connectivity index (χ0n) is 13.0. The molecule has 0 bridgehead atoms. The molecule has 112 valence electrons. The molecule has 0 fully saturated rings. The summed E-state index contributed by atoms with van der Waals surface area (Å²) in [6, 6.07) is 7.52. The third-order valence-electron chi connectivity index (χ3n) is 2.88. The maximum Gasteiger partial charge on any atom is 0.253 e. The van der Waals surface area contributed by atoms with Gasteiger partial charge in [-0.05, 0) is 44.9 Å². The van der Waals surface area contributed by atoms with Crippen molar-refractivity contribution in [3.05, 3.63) is 35.4 Å². The van der Waals surface area contributed by atoms with Crippen LogP contribution >= 0.6 is 0 Å². The summed E-state index contributed by atoms with van der Waals surface area (Å²) in [6.45, 7) is 7.80. The summed E-state index contributed by atoms with van der Waals surface area (Å²) in [5.74, 6) is -0.121. The van der Waals surface area contributed by atoms with Crippen LogP contribution in [0.4, 0.5) is 0 Å². The second-order valence-electron chi connectivity index (χ2n) is 5.92. The van der Waals surface area contributed by atoms with Crippen molar-refractivity contribution in [3.63, 3.8) is 0 Å². The molecule has 0 radical (unpaired) electrons. The normalized spacial score (nSPS) is 13.1. The average Bonchev–Trinajstić information content (AvgIpc) is 2.35. The number of aliphatic hydroxyl groups is 1. The van der Waals surface area contributed by atoms with E-state index in [9.17, 15) is 9.90 Å². The number of hydrogen-bond donors (Lipinski definition) is 1. The minimum atomic E-state index is -0.987. The predicted octanol–water partition coefficient (Wildman–Crippen LogP) is 2.45. The van der Waals surface area contributed by atoms with E-state index >= 15 is 0 Å². The van der Waals surface area contributed by atoms with Crippen molar-refractivity contribution in [1.82, 2.24) is 4.90 Å². The van der Waals surface area contributed by atoms with Crippen molar-refractivity contribution in [2.75, 3.05) is 13.6 Å². The SMILES string of the molecule is CCc1ccc(C(=O)N(C)CC(O)OC(C)(C)C)cc1. The van der Waals surface area contributed by atoms with Gasteiger partial charge in [-0.15, -0.1) is 0 Å². The second-order valence-corrected chi connectivity index (χ2v) is 5.92. The Morgan fingerprint density at radius 1 is 1.30 bits per heavy atom. The molecule has 0 aliphatic carbocycles. The molecule has 1 amide bonds. The first-order chi connectivity index (χ1) is 9.23. The molecule has 1 aromatic rings. The zero-order chi connectivity index (χ0) is 15.3. The van der Waals surface area contributed by atoms with Crippen LogP contribution in [0.1, 0.15) is 43.6 Å². The summed E-state index contributed by atoms with van der Waals surface area (Å²) < 4.78 is 5.39. The van der Waals surface area contributed by atoms with Crippen LogP contribution < -0.4 is 0 Å². The molecule has 0 saturated carbocycles. The lowest BCUT2D eigenvalue weighted by Gasteiger charge is -2.27. The Kier molecular flexibility index (Phi) is 5.72. The summed E-state index contributed by atoms with van der Waals surface area (Å²) in [6.07, 6.45) is -0.0403. The number of likely N-dealkylation sites (N-methyl/N-ethyl adjacent to an activating group) is 1. The molecule has 0 aromatic heterocycles. The highest BCUT2D eigenvalue weighted by Gasteiger charge is 2.20. The number of carbonyl (C=O) groups is 1. The van der Waals surface area contributed by atoms with E-state index in [1.807, 2.05) is 45.0 Å². The van der Waals surface area contributed by atoms with Crippen molar-refractivity contribution in [2.45, 2.75) is 46.0 Å². The first kappa shape index (κ1) is 16.7. The number of benzene rings is 1. The summed E-state index contributed by atoms with van der Waals surface area (Å²) in [4.78, 5) is 13.7. The molecule has 1 unspecified atom stereocenters. The van der Waals surface area contributed by atoms with E-state index in [0.29, 0.717) is 5.56 Å². The van der Waals surface area contributed by atoms with E-state index in [0.717, 1.165) is 6.42 Å². The van der Waals surface area contributed by atoms with Gasteiger partial charge in [0.05, 0.1) is 12.1 Å². The predicted molar refractivity (Wildman–Crippen MR) is 79.6 cm³/mol. The molecule has 4 heteroatoms. The van der Waals surface area contributed by atoms with Crippen LogP contribution in [0.15, 0.2) is 24.3 Å². The van der Waals surface area contributed by atoms with Gasteiger partial charge in [-0.25, -0.2) is 0 Å². The smallest absolute Gasteiger partial charge is 0.253 e. The van der Waals surface area contributed by atoms with Crippen LogP contribution in [0, 0.1) is 0 Å². The molecule has 4 nitrogen and oxygen atoms in total. The largest absolute Gasteiger partial charge is 0.366 e. The molecule has 0 aliphatic rings. The quantitative estimate of drug-likeness (QED) is 0.842. The Morgan fingerprint density at radius 3 is 2.30 bits per heavy atom. The summed E-state index contributed by atoms with van der Waals surface area (Å²) >= 11 is 0. The average molecular weight is 279 g/mol. The van der Waals surface area contributed by atoms with Crippen LogP contribution in [0.25, 0.3) is 0 Å². The minimum Gasteiger partial charge on any atom is -0.366 e. The number of aliphatic hydroxyl groups excluding tert-OH is 1. The Hall–Kier alpha value is -1.39. The molecule has 20 heavy (non-hydrogen) atoms. The fourth-order valence-corrected chi connectivity index (χ4v) is 1.87. The van der Waals surface area contributed by atoms with Crippen LogP contribution in [0.2, 0.25) is 0 Å². The molecular weight excluding hydrogens is 254 g/mol. The van der Waals surface area contributed by atoms with Crippen molar-refractivity contribution in [1.29, 1.82) is 0 Å².